The van der Waals surface area contributed by atoms with E-state index in [1.54, 1.807) is 4.90 Å². The molecule has 8 heteroatoms. The molecular formula is C15H16F2N4O2. The molecule has 0 aliphatic carbocycles. The molecule has 1 saturated heterocycles. The minimum Gasteiger partial charge on any atom is -0.342 e. The maximum atomic E-state index is 13.7. The van der Waals surface area contributed by atoms with Crippen LogP contribution in [0.15, 0.2) is 23.0 Å². The van der Waals surface area contributed by atoms with Crippen LogP contribution >= 0.6 is 0 Å². The number of hydrogen-bond acceptors (Lipinski definition) is 3. The van der Waals surface area contributed by atoms with E-state index in [0.717, 1.165) is 25.0 Å². The summed E-state index contributed by atoms with van der Waals surface area (Å²) < 4.78 is 27.3. The highest BCUT2D eigenvalue weighted by Gasteiger charge is 2.27. The lowest BCUT2D eigenvalue weighted by atomic mass is 9.96. The summed E-state index contributed by atoms with van der Waals surface area (Å²) in [6.07, 6.45) is 1.21. The number of aromatic amines is 2. The smallest absolute Gasteiger partial charge is 0.340 e. The molecule has 1 fully saturated rings. The first-order valence-corrected chi connectivity index (χ1v) is 7.40. The molecule has 0 radical (unpaired) electrons. The third-order valence-electron chi connectivity index (χ3n) is 4.07. The Balaban J connectivity index is 1.71. The molecule has 1 aliphatic heterocycles. The summed E-state index contributed by atoms with van der Waals surface area (Å²) in [5, 5.41) is 6.20. The molecule has 1 aliphatic rings. The molecule has 122 valence electrons. The molecule has 2 aromatic rings. The highest BCUT2D eigenvalue weighted by Crippen LogP contribution is 2.24. The second-order valence-corrected chi connectivity index (χ2v) is 5.62. The number of H-pyrrole nitrogens is 2. The molecule has 3 rings (SSSR count). The van der Waals surface area contributed by atoms with Crippen molar-refractivity contribution in [2.24, 2.45) is 0 Å². The van der Waals surface area contributed by atoms with E-state index in [9.17, 15) is 18.4 Å². The molecule has 0 spiro atoms. The molecule has 1 amide bonds. The Bertz CT molecular complexity index is 751. The van der Waals surface area contributed by atoms with Gasteiger partial charge in [0.1, 0.15) is 17.5 Å². The van der Waals surface area contributed by atoms with Crippen LogP contribution in [-0.2, 0) is 11.2 Å². The van der Waals surface area contributed by atoms with E-state index in [4.69, 9.17) is 0 Å². The molecule has 1 atom stereocenters. The van der Waals surface area contributed by atoms with E-state index in [-0.39, 0.29) is 23.8 Å². The van der Waals surface area contributed by atoms with Crippen molar-refractivity contribution in [2.75, 3.05) is 13.1 Å². The van der Waals surface area contributed by atoms with E-state index < -0.39 is 17.3 Å². The Morgan fingerprint density at radius 3 is 2.74 bits per heavy atom. The number of hydrogen-bond donors (Lipinski definition) is 2. The topological polar surface area (TPSA) is 81.8 Å². The highest BCUT2D eigenvalue weighted by molar-refractivity contribution is 5.79. The van der Waals surface area contributed by atoms with Crippen LogP contribution in [-0.4, -0.2) is 39.1 Å². The Labute approximate surface area is 130 Å². The second-order valence-electron chi connectivity index (χ2n) is 5.62. The Morgan fingerprint density at radius 1 is 1.35 bits per heavy atom. The number of carbonyl (C=O) groups is 1. The van der Waals surface area contributed by atoms with Crippen LogP contribution in [0.4, 0.5) is 8.78 Å². The van der Waals surface area contributed by atoms with E-state index in [0.29, 0.717) is 18.9 Å². The number of rotatable bonds is 3. The van der Waals surface area contributed by atoms with Crippen molar-refractivity contribution in [2.45, 2.75) is 25.2 Å². The van der Waals surface area contributed by atoms with Gasteiger partial charge >= 0.3 is 5.69 Å². The van der Waals surface area contributed by atoms with Gasteiger partial charge in [-0.05, 0) is 25.0 Å². The Kier molecular flexibility index (Phi) is 4.22. The fourth-order valence-electron chi connectivity index (χ4n) is 2.87. The predicted molar refractivity (Wildman–Crippen MR) is 77.8 cm³/mol. The maximum Gasteiger partial charge on any atom is 0.340 e. The monoisotopic (exact) mass is 322 g/mol. The summed E-state index contributed by atoms with van der Waals surface area (Å²) in [5.74, 6) is -1.36. The SMILES string of the molecule is O=C(Cc1c(F)cccc1F)N1CCCC(c2n[nH]c(=O)[nH]2)C1. The average molecular weight is 322 g/mol. The second kappa shape index (κ2) is 6.31. The van der Waals surface area contributed by atoms with Gasteiger partial charge in [-0.3, -0.25) is 9.78 Å². The van der Waals surface area contributed by atoms with Crippen molar-refractivity contribution in [3.05, 3.63) is 51.7 Å². The minimum atomic E-state index is -0.719. The normalized spacial score (nSPS) is 18.2. The zero-order valence-electron chi connectivity index (χ0n) is 12.3. The maximum absolute atomic E-state index is 13.7. The molecule has 2 heterocycles. The van der Waals surface area contributed by atoms with Crippen LogP contribution in [0.1, 0.15) is 30.1 Å². The number of nitrogens with zero attached hydrogens (tertiary/aromatic N) is 2. The standard InChI is InChI=1S/C15H16F2N4O2/c16-11-4-1-5-12(17)10(11)7-13(22)21-6-2-3-9(8-21)14-18-15(23)20-19-14/h1,4-5,9H,2-3,6-8H2,(H2,18,19,20,23). The lowest BCUT2D eigenvalue weighted by Gasteiger charge is -2.31. The van der Waals surface area contributed by atoms with E-state index in [1.807, 2.05) is 0 Å². The molecule has 1 aromatic heterocycles. The summed E-state index contributed by atoms with van der Waals surface area (Å²) in [4.78, 5) is 27.6. The minimum absolute atomic E-state index is 0.0860. The van der Waals surface area contributed by atoms with E-state index in [2.05, 4.69) is 15.2 Å². The molecule has 23 heavy (non-hydrogen) atoms. The summed E-state index contributed by atoms with van der Waals surface area (Å²) in [5.41, 5.74) is -0.607. The van der Waals surface area contributed by atoms with Crippen LogP contribution in [0.2, 0.25) is 0 Å². The van der Waals surface area contributed by atoms with Gasteiger partial charge in [-0.15, -0.1) is 0 Å². The molecular weight excluding hydrogens is 306 g/mol. The van der Waals surface area contributed by atoms with Crippen LogP contribution in [0.25, 0.3) is 0 Å². The number of halogens is 2. The first-order chi connectivity index (χ1) is 11.0. The third kappa shape index (κ3) is 3.30. The quantitative estimate of drug-likeness (QED) is 0.894. The number of piperidine rings is 1. The average Bonchev–Trinajstić information content (AvgIpc) is 2.97. The Morgan fingerprint density at radius 2 is 2.09 bits per heavy atom. The van der Waals surface area contributed by atoms with Gasteiger partial charge in [0.15, 0.2) is 0 Å². The number of amides is 1. The van der Waals surface area contributed by atoms with Gasteiger partial charge in [-0.2, -0.15) is 5.10 Å². The van der Waals surface area contributed by atoms with Crippen LogP contribution in [0.5, 0.6) is 0 Å². The van der Waals surface area contributed by atoms with Crippen molar-refractivity contribution >= 4 is 5.91 Å². The first kappa shape index (κ1) is 15.4. The van der Waals surface area contributed by atoms with Crippen molar-refractivity contribution in [1.29, 1.82) is 0 Å². The zero-order chi connectivity index (χ0) is 16.4. The molecule has 1 aromatic carbocycles. The number of carbonyl (C=O) groups excluding carboxylic acids is 1. The molecule has 1 unspecified atom stereocenters. The molecule has 2 N–H and O–H groups in total. The Hall–Kier alpha value is -2.51. The fraction of sp³-hybridized carbons (Fsp3) is 0.400. The van der Waals surface area contributed by atoms with Crippen molar-refractivity contribution < 1.29 is 13.6 Å². The van der Waals surface area contributed by atoms with Crippen LogP contribution in [0.3, 0.4) is 0 Å². The van der Waals surface area contributed by atoms with Crippen molar-refractivity contribution in [3.8, 4) is 0 Å². The van der Waals surface area contributed by atoms with E-state index in [1.165, 1.54) is 6.07 Å². The first-order valence-electron chi connectivity index (χ1n) is 7.40. The largest absolute Gasteiger partial charge is 0.342 e. The molecule has 6 nitrogen and oxygen atoms in total. The molecule has 0 saturated carbocycles. The number of benzene rings is 1. The summed E-state index contributed by atoms with van der Waals surface area (Å²) in [7, 11) is 0. The lowest BCUT2D eigenvalue weighted by molar-refractivity contribution is -0.131. The van der Waals surface area contributed by atoms with Crippen LogP contribution < -0.4 is 5.69 Å². The predicted octanol–water partition coefficient (Wildman–Crippen LogP) is 1.32. The van der Waals surface area contributed by atoms with Gasteiger partial charge in [-0.25, -0.2) is 18.7 Å². The summed E-state index contributed by atoms with van der Waals surface area (Å²) in [6, 6.07) is 3.54. The summed E-state index contributed by atoms with van der Waals surface area (Å²) >= 11 is 0. The summed E-state index contributed by atoms with van der Waals surface area (Å²) in [6.45, 7) is 0.899. The molecule has 0 bridgehead atoms. The lowest BCUT2D eigenvalue weighted by Crippen LogP contribution is -2.40. The fourth-order valence-corrected chi connectivity index (χ4v) is 2.87. The van der Waals surface area contributed by atoms with Crippen molar-refractivity contribution in [3.63, 3.8) is 0 Å². The van der Waals surface area contributed by atoms with Gasteiger partial charge in [0.25, 0.3) is 0 Å². The van der Waals surface area contributed by atoms with Crippen molar-refractivity contribution in [1.82, 2.24) is 20.1 Å². The highest BCUT2D eigenvalue weighted by atomic mass is 19.1. The van der Waals surface area contributed by atoms with Gasteiger partial charge in [-0.1, -0.05) is 6.07 Å². The number of likely N-dealkylation sites (tertiary alicyclic amines) is 1. The third-order valence-corrected chi connectivity index (χ3v) is 4.07. The van der Waals surface area contributed by atoms with Gasteiger partial charge in [0.05, 0.1) is 6.42 Å². The van der Waals surface area contributed by atoms with Gasteiger partial charge < -0.3 is 4.90 Å². The van der Waals surface area contributed by atoms with E-state index >= 15 is 0 Å². The van der Waals surface area contributed by atoms with Gasteiger partial charge in [0.2, 0.25) is 5.91 Å². The number of nitrogens with one attached hydrogen (secondary N) is 2. The van der Waals surface area contributed by atoms with Crippen LogP contribution in [0, 0.1) is 11.6 Å². The number of aromatic nitrogens is 3. The van der Waals surface area contributed by atoms with Gasteiger partial charge in [0, 0.05) is 24.6 Å². The zero-order valence-corrected chi connectivity index (χ0v) is 12.3.